The highest BCUT2D eigenvalue weighted by molar-refractivity contribution is 7.98. The van der Waals surface area contributed by atoms with Crippen LogP contribution in [0, 0.1) is 0 Å². The molecule has 0 N–H and O–H groups in total. The lowest BCUT2D eigenvalue weighted by Gasteiger charge is -2.14. The van der Waals surface area contributed by atoms with E-state index in [1.165, 1.54) is 5.56 Å². The molecule has 0 bridgehead atoms. The summed E-state index contributed by atoms with van der Waals surface area (Å²) >= 11 is 1.78. The normalized spacial score (nSPS) is 14.5. The minimum absolute atomic E-state index is 0.517. The van der Waals surface area contributed by atoms with Gasteiger partial charge in [-0.15, -0.1) is 11.8 Å². The van der Waals surface area contributed by atoms with Crippen molar-refractivity contribution in [3.8, 4) is 0 Å². The van der Waals surface area contributed by atoms with E-state index in [4.69, 9.17) is 9.78 Å². The van der Waals surface area contributed by atoms with Gasteiger partial charge in [0, 0.05) is 10.6 Å². The molecule has 3 nitrogen and oxygen atoms in total. The molecule has 102 valence electrons. The van der Waals surface area contributed by atoms with E-state index < -0.39 is 0 Å². The van der Waals surface area contributed by atoms with Crippen LogP contribution in [0.5, 0.6) is 0 Å². The fraction of sp³-hybridized carbons (Fsp3) is 0.188. The molecule has 0 saturated heterocycles. The van der Waals surface area contributed by atoms with E-state index >= 15 is 0 Å². The van der Waals surface area contributed by atoms with Gasteiger partial charge in [0.1, 0.15) is 6.61 Å². The minimum Gasteiger partial charge on any atom is -0.316 e. The minimum atomic E-state index is 0.517. The summed E-state index contributed by atoms with van der Waals surface area (Å²) in [5.41, 5.74) is 2.29. The van der Waals surface area contributed by atoms with Crippen LogP contribution in [0.2, 0.25) is 0 Å². The van der Waals surface area contributed by atoms with E-state index in [1.807, 2.05) is 24.3 Å². The Kier molecular flexibility index (Phi) is 4.35. The van der Waals surface area contributed by atoms with Crippen LogP contribution in [0.4, 0.5) is 0 Å². The van der Waals surface area contributed by atoms with Gasteiger partial charge in [-0.3, -0.25) is 0 Å². The SMILES string of the molecule is c1ccc(CSc2ccccc2C2=NCCOO2)cc1. The second kappa shape index (κ2) is 6.59. The van der Waals surface area contributed by atoms with Gasteiger partial charge in [0.2, 0.25) is 0 Å². The fourth-order valence-corrected chi connectivity index (χ4v) is 2.94. The molecule has 20 heavy (non-hydrogen) atoms. The maximum Gasteiger partial charge on any atom is 0.260 e. The zero-order valence-electron chi connectivity index (χ0n) is 11.0. The summed E-state index contributed by atoms with van der Waals surface area (Å²) < 4.78 is 0. The van der Waals surface area contributed by atoms with Crippen LogP contribution in [-0.2, 0) is 15.5 Å². The number of benzene rings is 2. The molecule has 0 unspecified atom stereocenters. The molecule has 1 aliphatic heterocycles. The lowest BCUT2D eigenvalue weighted by Crippen LogP contribution is -2.17. The topological polar surface area (TPSA) is 30.8 Å². The first-order valence-corrected chi connectivity index (χ1v) is 7.52. The number of hydrogen-bond donors (Lipinski definition) is 0. The van der Waals surface area contributed by atoms with Crippen molar-refractivity contribution >= 4 is 17.7 Å². The molecule has 2 aromatic carbocycles. The van der Waals surface area contributed by atoms with Crippen molar-refractivity contribution < 1.29 is 9.78 Å². The Bertz CT molecular complexity index is 598. The third kappa shape index (κ3) is 3.21. The lowest BCUT2D eigenvalue weighted by molar-refractivity contribution is -0.226. The van der Waals surface area contributed by atoms with Crippen molar-refractivity contribution in [2.24, 2.45) is 4.99 Å². The maximum absolute atomic E-state index is 5.19. The van der Waals surface area contributed by atoms with Crippen molar-refractivity contribution in [1.82, 2.24) is 0 Å². The van der Waals surface area contributed by atoms with Gasteiger partial charge in [-0.05, 0) is 17.7 Å². The van der Waals surface area contributed by atoms with Crippen molar-refractivity contribution in [1.29, 1.82) is 0 Å². The summed E-state index contributed by atoms with van der Waals surface area (Å²) in [5, 5.41) is 0. The molecule has 0 spiro atoms. The molecule has 0 aliphatic carbocycles. The van der Waals surface area contributed by atoms with E-state index in [1.54, 1.807) is 11.8 Å². The van der Waals surface area contributed by atoms with Crippen molar-refractivity contribution in [2.45, 2.75) is 10.6 Å². The highest BCUT2D eigenvalue weighted by Crippen LogP contribution is 2.27. The Morgan fingerprint density at radius 3 is 2.60 bits per heavy atom. The van der Waals surface area contributed by atoms with Crippen LogP contribution in [-0.4, -0.2) is 19.0 Å². The number of nitrogens with zero attached hydrogens (tertiary/aromatic N) is 1. The van der Waals surface area contributed by atoms with Crippen LogP contribution in [0.1, 0.15) is 11.1 Å². The number of thioether (sulfide) groups is 1. The average molecular weight is 285 g/mol. The number of rotatable bonds is 4. The van der Waals surface area contributed by atoms with Crippen molar-refractivity contribution in [2.75, 3.05) is 13.2 Å². The van der Waals surface area contributed by atoms with Gasteiger partial charge in [0.15, 0.2) is 0 Å². The summed E-state index contributed by atoms with van der Waals surface area (Å²) in [5.74, 6) is 1.50. The lowest BCUT2D eigenvalue weighted by atomic mass is 10.2. The molecular formula is C16H15NO2S. The first kappa shape index (κ1) is 13.2. The first-order chi connectivity index (χ1) is 9.93. The van der Waals surface area contributed by atoms with E-state index in [0.29, 0.717) is 19.0 Å². The Hall–Kier alpha value is -1.78. The van der Waals surface area contributed by atoms with Crippen molar-refractivity contribution in [3.05, 3.63) is 65.7 Å². The van der Waals surface area contributed by atoms with Crippen LogP contribution >= 0.6 is 11.8 Å². The largest absolute Gasteiger partial charge is 0.316 e. The summed E-state index contributed by atoms with van der Waals surface area (Å²) in [6.07, 6.45) is 0. The molecule has 3 rings (SSSR count). The summed E-state index contributed by atoms with van der Waals surface area (Å²) in [6, 6.07) is 18.5. The van der Waals surface area contributed by atoms with Gasteiger partial charge in [-0.1, -0.05) is 42.5 Å². The zero-order valence-corrected chi connectivity index (χ0v) is 11.8. The van der Waals surface area contributed by atoms with Gasteiger partial charge in [0.05, 0.1) is 12.1 Å². The van der Waals surface area contributed by atoms with Crippen LogP contribution in [0.15, 0.2) is 64.5 Å². The van der Waals surface area contributed by atoms with E-state index in [0.717, 1.165) is 16.2 Å². The Morgan fingerprint density at radius 2 is 1.80 bits per heavy atom. The predicted molar refractivity (Wildman–Crippen MR) is 80.9 cm³/mol. The second-order valence-corrected chi connectivity index (χ2v) is 5.38. The third-order valence-electron chi connectivity index (χ3n) is 2.92. The molecular weight excluding hydrogens is 270 g/mol. The van der Waals surface area contributed by atoms with E-state index in [9.17, 15) is 0 Å². The van der Waals surface area contributed by atoms with Gasteiger partial charge in [-0.25, -0.2) is 4.99 Å². The second-order valence-electron chi connectivity index (χ2n) is 4.36. The highest BCUT2D eigenvalue weighted by atomic mass is 32.2. The molecule has 0 amide bonds. The van der Waals surface area contributed by atoms with Gasteiger partial charge in [0.25, 0.3) is 5.90 Å². The van der Waals surface area contributed by atoms with E-state index in [2.05, 4.69) is 35.3 Å². The quantitative estimate of drug-likeness (QED) is 0.634. The zero-order chi connectivity index (χ0) is 13.6. The predicted octanol–water partition coefficient (Wildman–Crippen LogP) is 3.69. The molecule has 0 saturated carbocycles. The monoisotopic (exact) mass is 285 g/mol. The molecule has 2 aromatic rings. The Labute approximate surface area is 122 Å². The van der Waals surface area contributed by atoms with E-state index in [-0.39, 0.29) is 0 Å². The first-order valence-electron chi connectivity index (χ1n) is 6.53. The van der Waals surface area contributed by atoms with Gasteiger partial charge in [-0.2, -0.15) is 4.89 Å². The number of aliphatic imine (C=N–C) groups is 1. The molecule has 0 aromatic heterocycles. The molecule has 1 aliphatic rings. The Morgan fingerprint density at radius 1 is 1.00 bits per heavy atom. The van der Waals surface area contributed by atoms with Gasteiger partial charge >= 0.3 is 0 Å². The van der Waals surface area contributed by atoms with Crippen molar-refractivity contribution in [3.63, 3.8) is 0 Å². The smallest absolute Gasteiger partial charge is 0.260 e. The summed E-state index contributed by atoms with van der Waals surface area (Å²) in [7, 11) is 0. The molecule has 4 heteroatoms. The summed E-state index contributed by atoms with van der Waals surface area (Å²) in [6.45, 7) is 1.16. The molecule has 0 fully saturated rings. The highest BCUT2D eigenvalue weighted by Gasteiger charge is 2.14. The maximum atomic E-state index is 5.19. The third-order valence-corrected chi connectivity index (χ3v) is 4.07. The summed E-state index contributed by atoms with van der Waals surface area (Å²) in [4.78, 5) is 15.7. The Balaban J connectivity index is 1.78. The van der Waals surface area contributed by atoms with Gasteiger partial charge < -0.3 is 4.89 Å². The average Bonchev–Trinajstić information content (AvgIpc) is 2.55. The standard InChI is InChI=1S/C16H15NO2S/c1-2-6-13(7-3-1)12-20-15-9-5-4-8-14(15)16-17-10-11-18-19-16/h1-9H,10-12H2. The fourth-order valence-electron chi connectivity index (χ4n) is 1.94. The molecule has 1 heterocycles. The molecule has 0 atom stereocenters. The van der Waals surface area contributed by atoms with Crippen LogP contribution < -0.4 is 0 Å². The molecule has 0 radical (unpaired) electrons. The number of hydrogen-bond acceptors (Lipinski definition) is 4. The van der Waals surface area contributed by atoms with Crippen LogP contribution in [0.3, 0.4) is 0 Å². The van der Waals surface area contributed by atoms with Crippen LogP contribution in [0.25, 0.3) is 0 Å².